The fraction of sp³-hybridized carbons (Fsp3) is 0.623. The van der Waals surface area contributed by atoms with Gasteiger partial charge in [0.05, 0.1) is 55.7 Å². The van der Waals surface area contributed by atoms with Crippen LogP contribution in [0.25, 0.3) is 0 Å². The monoisotopic (exact) mass is 975 g/mol. The van der Waals surface area contributed by atoms with Gasteiger partial charge in [0.15, 0.2) is 24.7 Å². The highest BCUT2D eigenvalue weighted by Crippen LogP contribution is 2.69. The van der Waals surface area contributed by atoms with Gasteiger partial charge in [0.2, 0.25) is 0 Å². The Labute approximate surface area is 409 Å². The first-order valence-corrected chi connectivity index (χ1v) is 24.1. The first kappa shape index (κ1) is 51.3. The maximum atomic E-state index is 15.3. The molecule has 0 radical (unpaired) electrons. The number of hydrogen-bond acceptors (Lipinski definition) is 16. The van der Waals surface area contributed by atoms with Gasteiger partial charge < -0.3 is 57.6 Å². The number of benzene rings is 2. The molecule has 3 heterocycles. The standard InChI is InChI=1S/C53H69NO16/c1-14-38-66-36-24-37-53(60,26-63-37)42-44(69-46(56)30-18-16-15-17-19-30)52(50(9,10)59)25-35(28(4)39(52)41(64-29(5)55)43(67-38)51(36,42)11)65-47(57)40-33(22-27(2)3)54(48(58)70-49(6,7)8)45(68-40)32-21-20-31(61-12)23-34(32)62-13/h14-21,23,27,33,35-38,40-45,59-60H,1,22,24-26H2,2-13H3/t33-,35-,36?,37?,38?,40?,41-,42-,43-,44-,45?,51?,52?,53-/m0/s1. The van der Waals surface area contributed by atoms with Gasteiger partial charge >= 0.3 is 24.0 Å². The third kappa shape index (κ3) is 8.47. The number of carbonyl (C=O) groups excluding carboxylic acids is 4. The minimum Gasteiger partial charge on any atom is -0.497 e. The summed E-state index contributed by atoms with van der Waals surface area (Å²) in [5.41, 5.74) is -6.25. The Bertz CT molecular complexity index is 2390. The third-order valence-corrected chi connectivity index (χ3v) is 15.4. The van der Waals surface area contributed by atoms with Crippen molar-refractivity contribution >= 4 is 24.0 Å². The molecule has 14 atom stereocenters. The van der Waals surface area contributed by atoms with Gasteiger partial charge in [-0.05, 0) is 95.4 Å². The number of fused-ring (bicyclic) bond motifs is 3. The molecule has 2 aromatic rings. The molecule has 0 aromatic heterocycles. The number of esters is 3. The number of aliphatic hydroxyl groups is 2. The van der Waals surface area contributed by atoms with Crippen LogP contribution in [0.3, 0.4) is 0 Å². The largest absolute Gasteiger partial charge is 0.497 e. The lowest BCUT2D eigenvalue weighted by Crippen LogP contribution is -2.79. The molecule has 5 fully saturated rings. The smallest absolute Gasteiger partial charge is 0.413 e. The number of rotatable bonds is 12. The summed E-state index contributed by atoms with van der Waals surface area (Å²) in [7, 11) is 2.99. The van der Waals surface area contributed by atoms with Crippen LogP contribution in [0, 0.1) is 22.7 Å². The number of amides is 1. The van der Waals surface area contributed by atoms with Crippen LogP contribution in [0.4, 0.5) is 4.79 Å². The van der Waals surface area contributed by atoms with E-state index in [1.54, 1.807) is 90.1 Å². The van der Waals surface area contributed by atoms with Crippen molar-refractivity contribution in [2.24, 2.45) is 22.7 Å². The van der Waals surface area contributed by atoms with E-state index in [1.807, 2.05) is 20.8 Å². The van der Waals surface area contributed by atoms with E-state index in [9.17, 15) is 24.6 Å². The molecule has 6 aliphatic rings. The molecule has 1 amide bonds. The molecular weight excluding hydrogens is 907 g/mol. The molecule has 7 unspecified atom stereocenters. The molecule has 17 nitrogen and oxygen atoms in total. The summed E-state index contributed by atoms with van der Waals surface area (Å²) < 4.78 is 63.2. The van der Waals surface area contributed by atoms with E-state index in [0.29, 0.717) is 28.2 Å². The molecule has 8 rings (SSSR count). The van der Waals surface area contributed by atoms with Crippen molar-refractivity contribution in [1.82, 2.24) is 4.90 Å². The summed E-state index contributed by atoms with van der Waals surface area (Å²) >= 11 is 0. The molecule has 70 heavy (non-hydrogen) atoms. The van der Waals surface area contributed by atoms with Crippen molar-refractivity contribution < 1.29 is 76.8 Å². The predicted octanol–water partition coefficient (Wildman–Crippen LogP) is 6.77. The Morgan fingerprint density at radius 2 is 1.66 bits per heavy atom. The maximum Gasteiger partial charge on any atom is 0.413 e. The zero-order chi connectivity index (χ0) is 51.0. The van der Waals surface area contributed by atoms with Gasteiger partial charge in [-0.2, -0.15) is 0 Å². The van der Waals surface area contributed by atoms with Gasteiger partial charge in [-0.3, -0.25) is 9.69 Å². The molecule has 2 N–H and O–H groups in total. The average molecular weight is 976 g/mol. The quantitative estimate of drug-likeness (QED) is 0.128. The van der Waals surface area contributed by atoms with Gasteiger partial charge in [0.25, 0.3) is 0 Å². The van der Waals surface area contributed by atoms with E-state index in [1.165, 1.54) is 32.1 Å². The number of ether oxygens (including phenoxy) is 10. The van der Waals surface area contributed by atoms with Crippen LogP contribution in [0.1, 0.15) is 111 Å². The second kappa shape index (κ2) is 18.5. The Hall–Kier alpha value is -5.04. The highest BCUT2D eigenvalue weighted by Gasteiger charge is 2.80. The third-order valence-electron chi connectivity index (χ3n) is 15.4. The molecule has 3 aliphatic heterocycles. The van der Waals surface area contributed by atoms with Crippen LogP contribution < -0.4 is 9.47 Å². The summed E-state index contributed by atoms with van der Waals surface area (Å²) in [5.74, 6) is -2.63. The summed E-state index contributed by atoms with van der Waals surface area (Å²) in [6.07, 6.45) is -9.13. The normalized spacial score (nSPS) is 35.6. The summed E-state index contributed by atoms with van der Waals surface area (Å²) in [4.78, 5) is 59.3. The minimum absolute atomic E-state index is 0.0621. The van der Waals surface area contributed by atoms with Crippen molar-refractivity contribution in [3.63, 3.8) is 0 Å². The van der Waals surface area contributed by atoms with Crippen molar-refractivity contribution in [2.45, 2.75) is 167 Å². The molecule has 2 aromatic carbocycles. The van der Waals surface area contributed by atoms with Gasteiger partial charge in [-0.25, -0.2) is 14.4 Å². The van der Waals surface area contributed by atoms with Crippen LogP contribution in [0.15, 0.2) is 72.3 Å². The number of carbonyl (C=O) groups is 4. The molecule has 3 aliphatic carbocycles. The van der Waals surface area contributed by atoms with Crippen LogP contribution in [0.2, 0.25) is 0 Å². The lowest BCUT2D eigenvalue weighted by Gasteiger charge is -2.66. The van der Waals surface area contributed by atoms with Crippen LogP contribution in [0.5, 0.6) is 11.5 Å². The van der Waals surface area contributed by atoms with Crippen LogP contribution in [-0.2, 0) is 47.5 Å². The molecule has 0 bridgehead atoms. The van der Waals surface area contributed by atoms with E-state index in [0.717, 1.165) is 0 Å². The summed E-state index contributed by atoms with van der Waals surface area (Å²) in [6.45, 7) is 20.9. The zero-order valence-corrected chi connectivity index (χ0v) is 42.2. The van der Waals surface area contributed by atoms with E-state index < -0.39 is 119 Å². The highest BCUT2D eigenvalue weighted by molar-refractivity contribution is 5.89. The summed E-state index contributed by atoms with van der Waals surface area (Å²) in [6, 6.07) is 12.5. The first-order valence-electron chi connectivity index (χ1n) is 24.1. The predicted molar refractivity (Wildman–Crippen MR) is 250 cm³/mol. The Balaban J connectivity index is 1.30. The Morgan fingerprint density at radius 3 is 2.23 bits per heavy atom. The van der Waals surface area contributed by atoms with Crippen molar-refractivity contribution in [3.05, 3.63) is 83.5 Å². The fourth-order valence-electron chi connectivity index (χ4n) is 12.4. The minimum atomic E-state index is -1.88. The molecule has 3 saturated heterocycles. The van der Waals surface area contributed by atoms with Crippen LogP contribution >= 0.6 is 0 Å². The maximum absolute atomic E-state index is 15.3. The second-order valence-corrected chi connectivity index (χ2v) is 21.7. The van der Waals surface area contributed by atoms with Gasteiger partial charge in [0, 0.05) is 42.7 Å². The molecule has 0 spiro atoms. The van der Waals surface area contributed by atoms with Crippen LogP contribution in [-0.4, -0.2) is 132 Å². The summed E-state index contributed by atoms with van der Waals surface area (Å²) in [5, 5.41) is 26.1. The van der Waals surface area contributed by atoms with Crippen molar-refractivity contribution in [3.8, 4) is 11.5 Å². The fourth-order valence-corrected chi connectivity index (χ4v) is 12.4. The lowest BCUT2D eigenvalue weighted by atomic mass is 9.49. The molecular formula is C53H69NO16. The molecule has 382 valence electrons. The topological polar surface area (TPSA) is 204 Å². The SMILES string of the molecule is C=CC1OC2CC3OC[C@@]3(O)[C@H]3[C@H](OC(=O)c4ccccc4)C4(C(C)(C)O)C[C@H](OC(=O)C5OC(c6ccc(OC)cc6OC)N(C(=O)OC(C)(C)C)[C@H]5CC(C)C)C(C)=C4[C@H](OC(C)=O)[C@H](O1)C23C. The van der Waals surface area contributed by atoms with Crippen molar-refractivity contribution in [2.75, 3.05) is 20.8 Å². The number of hydrogen-bond donors (Lipinski definition) is 2. The van der Waals surface area contributed by atoms with Gasteiger partial charge in [-0.1, -0.05) is 45.5 Å². The van der Waals surface area contributed by atoms with E-state index in [2.05, 4.69) is 6.58 Å². The highest BCUT2D eigenvalue weighted by atomic mass is 16.7. The lowest BCUT2D eigenvalue weighted by molar-refractivity contribution is -0.392. The Kier molecular flexibility index (Phi) is 13.6. The second-order valence-electron chi connectivity index (χ2n) is 21.7. The zero-order valence-electron chi connectivity index (χ0n) is 42.2. The van der Waals surface area contributed by atoms with Crippen molar-refractivity contribution in [1.29, 1.82) is 0 Å². The first-order chi connectivity index (χ1) is 32.8. The van der Waals surface area contributed by atoms with Gasteiger partial charge in [-0.15, -0.1) is 0 Å². The average Bonchev–Trinajstić information content (AvgIpc) is 3.78. The van der Waals surface area contributed by atoms with E-state index in [-0.39, 0.29) is 37.4 Å². The molecule has 2 saturated carbocycles. The van der Waals surface area contributed by atoms with Gasteiger partial charge in [0.1, 0.15) is 41.0 Å². The van der Waals surface area contributed by atoms with E-state index >= 15 is 4.79 Å². The number of nitrogens with zero attached hydrogens (tertiary/aromatic N) is 1. The Morgan fingerprint density at radius 1 is 0.957 bits per heavy atom. The van der Waals surface area contributed by atoms with E-state index in [4.69, 9.17) is 47.4 Å². The number of methoxy groups -OCH3 is 2. The molecule has 17 heteroatoms.